The number of aryl methyl sites for hydroxylation is 1. The minimum absolute atomic E-state index is 0.0481. The maximum atomic E-state index is 13.7. The average Bonchev–Trinajstić information content (AvgIpc) is 3.57. The van der Waals surface area contributed by atoms with Crippen LogP contribution in [0.5, 0.6) is 5.75 Å². The fourth-order valence-corrected chi connectivity index (χ4v) is 6.69. The van der Waals surface area contributed by atoms with Gasteiger partial charge in [-0.1, -0.05) is 17.1 Å². The number of fused-ring (bicyclic) bond motifs is 1. The van der Waals surface area contributed by atoms with Crippen molar-refractivity contribution in [1.82, 2.24) is 14.6 Å². The molecule has 2 heterocycles. The highest BCUT2D eigenvalue weighted by Crippen LogP contribution is 2.33. The van der Waals surface area contributed by atoms with E-state index in [1.807, 2.05) is 6.07 Å². The van der Waals surface area contributed by atoms with E-state index in [2.05, 4.69) is 51.3 Å². The smallest absolute Gasteiger partial charge is 0.406 e. The highest BCUT2D eigenvalue weighted by molar-refractivity contribution is 7.92. The molecule has 0 saturated heterocycles. The number of rotatable bonds is 10. The molecule has 4 aromatic rings. The van der Waals surface area contributed by atoms with Gasteiger partial charge in [-0.2, -0.15) is 13.2 Å². The lowest BCUT2D eigenvalue weighted by molar-refractivity contribution is -0.140. The van der Waals surface area contributed by atoms with Crippen LogP contribution in [0.15, 0.2) is 57.9 Å². The maximum absolute atomic E-state index is 13.7. The largest absolute Gasteiger partial charge is 0.495 e. The number of benzene rings is 2. The Morgan fingerprint density at radius 2 is 1.85 bits per heavy atom. The molecule has 0 spiro atoms. The van der Waals surface area contributed by atoms with Crippen molar-refractivity contribution in [2.75, 3.05) is 43.1 Å². The third-order valence-corrected chi connectivity index (χ3v) is 9.36. The first-order chi connectivity index (χ1) is 21.8. The molecule has 1 aliphatic carbocycles. The highest BCUT2D eigenvalue weighted by Gasteiger charge is 2.30. The number of alkyl halides is 3. The third kappa shape index (κ3) is 7.89. The summed E-state index contributed by atoms with van der Waals surface area (Å²) in [5.41, 5.74) is 1.94. The molecular weight excluding hydrogens is 621 g/mol. The average molecular weight is 659 g/mol. The minimum Gasteiger partial charge on any atom is -0.495 e. The van der Waals surface area contributed by atoms with Crippen LogP contribution in [0.25, 0.3) is 10.9 Å². The van der Waals surface area contributed by atoms with E-state index < -0.39 is 22.7 Å². The molecule has 0 unspecified atom stereocenters. The van der Waals surface area contributed by atoms with E-state index >= 15 is 0 Å². The number of anilines is 3. The lowest BCUT2D eigenvalue weighted by atomic mass is 9.90. The van der Waals surface area contributed by atoms with Crippen LogP contribution < -0.4 is 20.1 Å². The maximum Gasteiger partial charge on any atom is 0.406 e. The van der Waals surface area contributed by atoms with E-state index in [-0.39, 0.29) is 34.7 Å². The fraction of sp³-hybridized carbons (Fsp3) is 0.406. The second-order valence-corrected chi connectivity index (χ2v) is 13.2. The number of sulfonamides is 1. The molecule has 0 atom stereocenters. The van der Waals surface area contributed by atoms with Crippen molar-refractivity contribution in [3.8, 4) is 17.6 Å². The molecule has 2 aromatic heterocycles. The van der Waals surface area contributed by atoms with Gasteiger partial charge < -0.3 is 29.4 Å². The van der Waals surface area contributed by atoms with E-state index in [9.17, 15) is 21.6 Å². The lowest BCUT2D eigenvalue weighted by Gasteiger charge is -2.33. The van der Waals surface area contributed by atoms with Crippen LogP contribution in [0, 0.1) is 18.8 Å². The van der Waals surface area contributed by atoms with Crippen LogP contribution in [0.4, 0.5) is 30.4 Å². The number of hydrogen-bond donors (Lipinski definition) is 3. The topological polar surface area (TPSA) is 114 Å². The van der Waals surface area contributed by atoms with Gasteiger partial charge in [-0.05, 0) is 83.0 Å². The summed E-state index contributed by atoms with van der Waals surface area (Å²) in [6.45, 7) is 0.532. The first-order valence-corrected chi connectivity index (χ1v) is 16.3. The van der Waals surface area contributed by atoms with Crippen LogP contribution in [-0.2, 0) is 16.6 Å². The van der Waals surface area contributed by atoms with E-state index in [0.29, 0.717) is 28.4 Å². The molecule has 1 aliphatic rings. The number of methoxy groups -OCH3 is 1. The van der Waals surface area contributed by atoms with E-state index in [0.717, 1.165) is 31.4 Å². The van der Waals surface area contributed by atoms with Crippen molar-refractivity contribution in [2.24, 2.45) is 0 Å². The summed E-state index contributed by atoms with van der Waals surface area (Å²) in [6.07, 6.45) is -0.361. The number of nitrogens with zero attached hydrogens (tertiary/aromatic N) is 3. The Kier molecular flexibility index (Phi) is 9.74. The van der Waals surface area contributed by atoms with Crippen LogP contribution in [0.1, 0.15) is 37.1 Å². The summed E-state index contributed by atoms with van der Waals surface area (Å²) >= 11 is 0. The zero-order valence-corrected chi connectivity index (χ0v) is 26.8. The normalized spacial score (nSPS) is 17.0. The first kappa shape index (κ1) is 33.0. The molecule has 2 aromatic carbocycles. The zero-order valence-electron chi connectivity index (χ0n) is 26.0. The summed E-state index contributed by atoms with van der Waals surface area (Å²) < 4.78 is 80.4. The van der Waals surface area contributed by atoms with Gasteiger partial charge in [-0.15, -0.1) is 0 Å². The molecule has 1 saturated carbocycles. The highest BCUT2D eigenvalue weighted by atomic mass is 32.2. The Bertz CT molecular complexity index is 1850. The van der Waals surface area contributed by atoms with Gasteiger partial charge >= 0.3 is 6.18 Å². The molecule has 46 heavy (non-hydrogen) atoms. The lowest BCUT2D eigenvalue weighted by Crippen LogP contribution is -2.36. The Balaban J connectivity index is 1.33. The number of nitrogens with one attached hydrogen (secondary N) is 3. The van der Waals surface area contributed by atoms with E-state index in [1.54, 1.807) is 25.1 Å². The zero-order chi connectivity index (χ0) is 33.1. The van der Waals surface area contributed by atoms with Crippen LogP contribution in [-0.4, -0.2) is 69.1 Å². The summed E-state index contributed by atoms with van der Waals surface area (Å²) in [4.78, 5) is 2.18. The molecule has 246 valence electrons. The quantitative estimate of drug-likeness (QED) is 0.176. The SMILES string of the molecule is COc1cc(S(=O)(=O)Nc2cc(C)on2)ccc1NCC#Cc1cc2c(N[C@H]3CC[C@H](N(C)C)CC3)cccc2n1CC(F)(F)F. The van der Waals surface area contributed by atoms with Crippen molar-refractivity contribution in [2.45, 2.75) is 62.3 Å². The Labute approximate surface area is 266 Å². The molecule has 0 bridgehead atoms. The van der Waals surface area contributed by atoms with Gasteiger partial charge in [0.2, 0.25) is 0 Å². The van der Waals surface area contributed by atoms with Gasteiger partial charge in [0.15, 0.2) is 5.82 Å². The van der Waals surface area contributed by atoms with Gasteiger partial charge in [0.05, 0.1) is 35.4 Å². The molecule has 0 amide bonds. The molecule has 14 heteroatoms. The van der Waals surface area contributed by atoms with Crippen LogP contribution in [0.3, 0.4) is 0 Å². The van der Waals surface area contributed by atoms with Crippen molar-refractivity contribution < 1.29 is 30.8 Å². The van der Waals surface area contributed by atoms with E-state index in [1.165, 1.54) is 35.9 Å². The molecule has 0 radical (unpaired) electrons. The standard InChI is InChI=1S/C32H37F3N6O4S/c1-21-17-31(38-45-21)39-46(42,43)25-14-15-28(30(19-25)44-4)36-16-6-7-24-18-26-27(37-22-10-12-23(13-11-22)40(2)3)8-5-9-29(26)41(24)20-32(33,34)35/h5,8-9,14-15,17-19,22-23,36-37H,10-13,16,20H2,1-4H3,(H,38,39)/t22-,23-. The van der Waals surface area contributed by atoms with Gasteiger partial charge in [0, 0.05) is 35.3 Å². The predicted molar refractivity (Wildman–Crippen MR) is 172 cm³/mol. The minimum atomic E-state index is -4.44. The van der Waals surface area contributed by atoms with Crippen molar-refractivity contribution in [3.05, 3.63) is 60.0 Å². The van der Waals surface area contributed by atoms with Crippen molar-refractivity contribution >= 4 is 38.1 Å². The Morgan fingerprint density at radius 1 is 1.09 bits per heavy atom. The Hall–Kier alpha value is -4.35. The molecule has 3 N–H and O–H groups in total. The van der Waals surface area contributed by atoms with Crippen molar-refractivity contribution in [3.63, 3.8) is 0 Å². The fourth-order valence-electron chi connectivity index (χ4n) is 5.69. The number of halogens is 3. The van der Waals surface area contributed by atoms with E-state index in [4.69, 9.17) is 9.26 Å². The van der Waals surface area contributed by atoms with Crippen molar-refractivity contribution in [1.29, 1.82) is 0 Å². The van der Waals surface area contributed by atoms with Gasteiger partial charge in [-0.25, -0.2) is 8.42 Å². The number of aromatic nitrogens is 2. The summed E-state index contributed by atoms with van der Waals surface area (Å²) in [6, 6.07) is 13.5. The summed E-state index contributed by atoms with van der Waals surface area (Å²) in [5.74, 6) is 6.54. The monoisotopic (exact) mass is 658 g/mol. The van der Waals surface area contributed by atoms with Gasteiger partial charge in [-0.3, -0.25) is 4.72 Å². The molecule has 1 fully saturated rings. The van der Waals surface area contributed by atoms with Gasteiger partial charge in [0.1, 0.15) is 18.1 Å². The summed E-state index contributed by atoms with van der Waals surface area (Å²) in [5, 5.41) is 11.0. The second-order valence-electron chi connectivity index (χ2n) is 11.5. The third-order valence-electron chi connectivity index (χ3n) is 8.00. The molecule has 5 rings (SSSR count). The first-order valence-electron chi connectivity index (χ1n) is 14.8. The van der Waals surface area contributed by atoms with Crippen LogP contribution in [0.2, 0.25) is 0 Å². The summed E-state index contributed by atoms with van der Waals surface area (Å²) in [7, 11) is 1.59. The van der Waals surface area contributed by atoms with Gasteiger partial charge in [0.25, 0.3) is 10.0 Å². The second kappa shape index (κ2) is 13.6. The molecular formula is C32H37F3N6O4S. The number of hydrogen-bond acceptors (Lipinski definition) is 8. The molecule has 10 nitrogen and oxygen atoms in total. The predicted octanol–water partition coefficient (Wildman–Crippen LogP) is 6.06. The molecule has 0 aliphatic heterocycles. The number of ether oxygens (including phenoxy) is 1. The van der Waals surface area contributed by atoms with Crippen LogP contribution >= 0.6 is 0 Å². The Morgan fingerprint density at radius 3 is 2.50 bits per heavy atom.